The molecule has 1 aliphatic carbocycles. The maximum atomic E-state index is 13.1. The number of carboxylic acids is 1. The average molecular weight is 615 g/mol. The van der Waals surface area contributed by atoms with E-state index in [9.17, 15) is 36.3 Å². The molecule has 3 aromatic rings. The van der Waals surface area contributed by atoms with Crippen molar-refractivity contribution in [3.05, 3.63) is 59.4 Å². The number of benzene rings is 1. The third kappa shape index (κ3) is 6.24. The van der Waals surface area contributed by atoms with Crippen molar-refractivity contribution >= 4 is 33.4 Å². The van der Waals surface area contributed by atoms with Crippen LogP contribution < -0.4 is 10.0 Å². The van der Waals surface area contributed by atoms with Crippen molar-refractivity contribution in [1.29, 1.82) is 0 Å². The number of nitrogens with one attached hydrogen (secondary N) is 2. The first kappa shape index (κ1) is 29.0. The molecule has 0 unspecified atom stereocenters. The lowest BCUT2D eigenvalue weighted by atomic mass is 10.0. The molecular weight excluding hydrogens is 589 g/mol. The summed E-state index contributed by atoms with van der Waals surface area (Å²) in [7, 11) is -4.35. The Balaban J connectivity index is 1.25. The number of halogens is 3. The highest BCUT2D eigenvalue weighted by atomic mass is 32.2. The molecule has 1 saturated carbocycles. The van der Waals surface area contributed by atoms with Gasteiger partial charge >= 0.3 is 18.2 Å². The largest absolute Gasteiger partial charge is 0.480 e. The van der Waals surface area contributed by atoms with Crippen LogP contribution >= 0.6 is 11.3 Å². The first-order chi connectivity index (χ1) is 19.4. The molecule has 1 aliphatic heterocycles. The van der Waals surface area contributed by atoms with Gasteiger partial charge in [-0.25, -0.2) is 13.2 Å². The number of hydrogen-bond acceptors (Lipinski definition) is 8. The fourth-order valence-electron chi connectivity index (χ4n) is 4.63. The summed E-state index contributed by atoms with van der Waals surface area (Å²) >= 11 is 0.640. The van der Waals surface area contributed by atoms with Gasteiger partial charge in [0.2, 0.25) is 5.76 Å². The second kappa shape index (κ2) is 11.1. The van der Waals surface area contributed by atoms with E-state index in [0.717, 1.165) is 5.56 Å². The molecule has 0 radical (unpaired) electrons. The zero-order valence-corrected chi connectivity index (χ0v) is 22.9. The molecule has 16 heteroatoms. The number of aromatic nitrogens is 1. The lowest BCUT2D eigenvalue weighted by molar-refractivity contribution is -0.155. The summed E-state index contributed by atoms with van der Waals surface area (Å²) in [5.41, 5.74) is -0.517. The Kier molecular flexibility index (Phi) is 7.84. The molecule has 3 heterocycles. The first-order valence-electron chi connectivity index (χ1n) is 12.5. The number of nitrogens with zero attached hydrogens (tertiary/aromatic N) is 2. The van der Waals surface area contributed by atoms with Gasteiger partial charge in [-0.05, 0) is 36.1 Å². The number of rotatable bonds is 9. The number of carboxylic acid groups (broad SMARTS) is 1. The minimum Gasteiger partial charge on any atom is -0.480 e. The topological polar surface area (TPSA) is 151 Å². The number of carbonyl (C=O) groups is 2. The average Bonchev–Trinajstić information content (AvgIpc) is 3.27. The van der Waals surface area contributed by atoms with Gasteiger partial charge < -0.3 is 24.6 Å². The standard InChI is InChI=1S/C25H25F3N4O7S2/c26-25(27,28)20-13-18(30-39-20)19-4-5-21(40-19)41(36,37)31-24(22(33)34)14-17(24)16-3-1-2-15(12-16)6-7-29-23(35)32-8-10-38-11-9-32/h1-5,12-13,17,31H,6-11,14H2,(H,29,35)(H,33,34)/t17-,24+/m0/s1. The molecule has 2 fully saturated rings. The van der Waals surface area contributed by atoms with Gasteiger partial charge in [-0.15, -0.1) is 11.3 Å². The van der Waals surface area contributed by atoms with Crippen molar-refractivity contribution in [2.45, 2.75) is 34.7 Å². The molecule has 5 rings (SSSR count). The van der Waals surface area contributed by atoms with E-state index in [1.54, 1.807) is 23.1 Å². The lowest BCUT2D eigenvalue weighted by Gasteiger charge is -2.26. The van der Waals surface area contributed by atoms with E-state index in [0.29, 0.717) is 62.2 Å². The molecule has 220 valence electrons. The SMILES string of the molecule is O=C(NCCc1cccc([C@@H]2C[C@]2(NS(=O)(=O)c2ccc(-c3cc(C(F)(F)F)on3)s2)C(=O)O)c1)N1CCOCC1. The zero-order chi connectivity index (χ0) is 29.4. The number of alkyl halides is 3. The Labute approximate surface area is 236 Å². The highest BCUT2D eigenvalue weighted by Crippen LogP contribution is 2.53. The third-order valence-electron chi connectivity index (χ3n) is 6.89. The quantitative estimate of drug-likeness (QED) is 0.332. The molecule has 0 bridgehead atoms. The van der Waals surface area contributed by atoms with E-state index in [-0.39, 0.29) is 27.2 Å². The molecule has 1 aromatic carbocycles. The molecular formula is C25H25F3N4O7S2. The van der Waals surface area contributed by atoms with Gasteiger partial charge in [-0.1, -0.05) is 29.4 Å². The van der Waals surface area contributed by atoms with Gasteiger partial charge in [-0.2, -0.15) is 17.9 Å². The number of morpholine rings is 1. The molecule has 41 heavy (non-hydrogen) atoms. The van der Waals surface area contributed by atoms with Crippen molar-refractivity contribution in [2.24, 2.45) is 0 Å². The van der Waals surface area contributed by atoms with E-state index < -0.39 is 39.4 Å². The highest BCUT2D eigenvalue weighted by molar-refractivity contribution is 7.91. The first-order valence-corrected chi connectivity index (χ1v) is 14.8. The number of sulfonamides is 1. The van der Waals surface area contributed by atoms with E-state index in [2.05, 4.69) is 19.7 Å². The van der Waals surface area contributed by atoms with E-state index in [4.69, 9.17) is 4.74 Å². The van der Waals surface area contributed by atoms with Crippen LogP contribution in [0.4, 0.5) is 18.0 Å². The minimum absolute atomic E-state index is 0.00917. The maximum Gasteiger partial charge on any atom is 0.452 e. The molecule has 1 saturated heterocycles. The smallest absolute Gasteiger partial charge is 0.452 e. The van der Waals surface area contributed by atoms with Crippen molar-refractivity contribution < 1.29 is 45.5 Å². The van der Waals surface area contributed by atoms with Gasteiger partial charge in [0.25, 0.3) is 10.0 Å². The van der Waals surface area contributed by atoms with Crippen molar-refractivity contribution in [1.82, 2.24) is 20.1 Å². The Morgan fingerprint density at radius 3 is 2.61 bits per heavy atom. The number of urea groups is 1. The van der Waals surface area contributed by atoms with Crippen LogP contribution in [0, 0.1) is 0 Å². The molecule has 3 N–H and O–H groups in total. The van der Waals surface area contributed by atoms with Gasteiger partial charge in [0.05, 0.1) is 18.1 Å². The van der Waals surface area contributed by atoms with E-state index >= 15 is 0 Å². The summed E-state index contributed by atoms with van der Waals surface area (Å²) in [5.74, 6) is -3.32. The number of aliphatic carboxylic acids is 1. The van der Waals surface area contributed by atoms with Gasteiger partial charge in [0.15, 0.2) is 0 Å². The fourth-order valence-corrected chi connectivity index (χ4v) is 7.30. The van der Waals surface area contributed by atoms with E-state index in [1.807, 2.05) is 6.07 Å². The van der Waals surface area contributed by atoms with Crippen molar-refractivity contribution in [3.8, 4) is 10.6 Å². The maximum absolute atomic E-state index is 13.1. The minimum atomic E-state index is -4.75. The van der Waals surface area contributed by atoms with Crippen LogP contribution in [0.15, 0.2) is 51.2 Å². The Morgan fingerprint density at radius 1 is 1.17 bits per heavy atom. The van der Waals surface area contributed by atoms with Crippen LogP contribution in [-0.4, -0.2) is 74.0 Å². The lowest BCUT2D eigenvalue weighted by Crippen LogP contribution is -2.46. The summed E-state index contributed by atoms with van der Waals surface area (Å²) in [4.78, 5) is 26.3. The molecule has 0 spiro atoms. The van der Waals surface area contributed by atoms with Crippen LogP contribution in [0.1, 0.15) is 29.2 Å². The summed E-state index contributed by atoms with van der Waals surface area (Å²) in [5, 5.41) is 16.2. The molecule has 2 aromatic heterocycles. The van der Waals surface area contributed by atoms with Crippen LogP contribution in [0.3, 0.4) is 0 Å². The molecule has 11 nitrogen and oxygen atoms in total. The normalized spacial score (nSPS) is 21.0. The molecule has 2 aliphatic rings. The van der Waals surface area contributed by atoms with Crippen molar-refractivity contribution in [2.75, 3.05) is 32.8 Å². The van der Waals surface area contributed by atoms with Crippen LogP contribution in [0.5, 0.6) is 0 Å². The van der Waals surface area contributed by atoms with Crippen molar-refractivity contribution in [3.63, 3.8) is 0 Å². The van der Waals surface area contributed by atoms with Gasteiger partial charge in [0, 0.05) is 31.6 Å². The van der Waals surface area contributed by atoms with Crippen LogP contribution in [0.25, 0.3) is 10.6 Å². The number of thiophene rings is 1. The predicted octanol–water partition coefficient (Wildman–Crippen LogP) is 3.30. The second-order valence-electron chi connectivity index (χ2n) is 9.66. The second-order valence-corrected chi connectivity index (χ2v) is 12.7. The molecule has 2 atom stereocenters. The van der Waals surface area contributed by atoms with Crippen LogP contribution in [-0.2, 0) is 32.2 Å². The molecule has 2 amide bonds. The highest BCUT2D eigenvalue weighted by Gasteiger charge is 2.63. The number of ether oxygens (including phenoxy) is 1. The number of carbonyl (C=O) groups excluding carboxylic acids is 1. The number of hydrogen-bond donors (Lipinski definition) is 3. The van der Waals surface area contributed by atoms with Crippen LogP contribution in [0.2, 0.25) is 0 Å². The van der Waals surface area contributed by atoms with Gasteiger partial charge in [0.1, 0.15) is 15.4 Å². The van der Waals surface area contributed by atoms with E-state index in [1.165, 1.54) is 12.1 Å². The summed E-state index contributed by atoms with van der Waals surface area (Å²) in [6.45, 7) is 2.37. The Hall–Kier alpha value is -3.47. The number of amides is 2. The fraction of sp³-hybridized carbons (Fsp3) is 0.400. The summed E-state index contributed by atoms with van der Waals surface area (Å²) in [6.07, 6.45) is -4.25. The van der Waals surface area contributed by atoms with Gasteiger partial charge in [-0.3, -0.25) is 4.79 Å². The predicted molar refractivity (Wildman–Crippen MR) is 139 cm³/mol. The summed E-state index contributed by atoms with van der Waals surface area (Å²) < 4.78 is 76.3. The zero-order valence-electron chi connectivity index (χ0n) is 21.3. The Bertz CT molecular complexity index is 1550. The summed E-state index contributed by atoms with van der Waals surface area (Å²) in [6, 6.07) is 9.99. The third-order valence-corrected chi connectivity index (χ3v) is 10.00. The monoisotopic (exact) mass is 614 g/mol. The Morgan fingerprint density at radius 2 is 1.93 bits per heavy atom.